The minimum Gasteiger partial charge on any atom is -0.361 e. The number of hydrogen-bond acceptors (Lipinski definition) is 6. The number of hydrogen-bond donors (Lipinski definition) is 1. The van der Waals surface area contributed by atoms with Gasteiger partial charge in [-0.15, -0.1) is 11.3 Å². The molecule has 3 heterocycles. The molecule has 122 valence electrons. The summed E-state index contributed by atoms with van der Waals surface area (Å²) in [6.45, 7) is 4.03. The van der Waals surface area contributed by atoms with Crippen LogP contribution in [0.1, 0.15) is 10.4 Å². The highest BCUT2D eigenvalue weighted by Crippen LogP contribution is 2.29. The molecule has 2 aromatic rings. The first kappa shape index (κ1) is 15.1. The van der Waals surface area contributed by atoms with Crippen molar-refractivity contribution in [2.45, 2.75) is 0 Å². The molecule has 4 rings (SSSR count). The van der Waals surface area contributed by atoms with E-state index in [1.165, 1.54) is 5.00 Å². The van der Waals surface area contributed by atoms with Crippen molar-refractivity contribution < 1.29 is 9.63 Å². The molecule has 0 radical (unpaired) electrons. The van der Waals surface area contributed by atoms with Crippen molar-refractivity contribution in [2.24, 2.45) is 5.16 Å². The van der Waals surface area contributed by atoms with E-state index in [0.29, 0.717) is 11.3 Å². The van der Waals surface area contributed by atoms with Crippen LogP contribution in [-0.2, 0) is 9.63 Å². The Hall–Kier alpha value is -2.44. The first-order valence-electron chi connectivity index (χ1n) is 7.93. The third-order valence-electron chi connectivity index (χ3n) is 4.07. The molecule has 24 heavy (non-hydrogen) atoms. The number of thiophene rings is 1. The van der Waals surface area contributed by atoms with E-state index in [1.54, 1.807) is 11.3 Å². The number of oxime groups is 1. The molecular weight excluding hydrogens is 322 g/mol. The van der Waals surface area contributed by atoms with Crippen molar-refractivity contribution >= 4 is 34.1 Å². The summed E-state index contributed by atoms with van der Waals surface area (Å²) in [5.74, 6) is -0.397. The second-order valence-electron chi connectivity index (χ2n) is 5.66. The molecule has 0 saturated carbocycles. The lowest BCUT2D eigenvalue weighted by atomic mass is 10.0. The fraction of sp³-hybridized carbons (Fsp3) is 0.222. The van der Waals surface area contributed by atoms with Gasteiger partial charge in [-0.25, -0.2) is 4.79 Å². The highest BCUT2D eigenvalue weighted by atomic mass is 32.1. The highest BCUT2D eigenvalue weighted by Gasteiger charge is 2.27. The van der Waals surface area contributed by atoms with Crippen LogP contribution in [0.4, 0.5) is 5.00 Å². The lowest BCUT2D eigenvalue weighted by Crippen LogP contribution is -2.43. The summed E-state index contributed by atoms with van der Waals surface area (Å²) in [5.41, 5.74) is 1.99. The van der Waals surface area contributed by atoms with Crippen molar-refractivity contribution in [1.29, 1.82) is 0 Å². The highest BCUT2D eigenvalue weighted by molar-refractivity contribution is 7.17. The Kier molecular flexibility index (Phi) is 4.15. The predicted octanol–water partition coefficient (Wildman–Crippen LogP) is 2.50. The van der Waals surface area contributed by atoms with Gasteiger partial charge in [0.05, 0.1) is 10.6 Å². The van der Waals surface area contributed by atoms with Gasteiger partial charge in [0.2, 0.25) is 0 Å². The van der Waals surface area contributed by atoms with Crippen molar-refractivity contribution in [3.63, 3.8) is 0 Å². The molecule has 1 aromatic heterocycles. The lowest BCUT2D eigenvalue weighted by molar-refractivity contribution is -0.136. The summed E-state index contributed by atoms with van der Waals surface area (Å²) in [4.78, 5) is 20.3. The molecule has 5 nitrogen and oxygen atoms in total. The number of benzene rings is 1. The summed E-state index contributed by atoms with van der Waals surface area (Å²) in [7, 11) is 0. The fourth-order valence-electron chi connectivity index (χ4n) is 2.83. The summed E-state index contributed by atoms with van der Waals surface area (Å²) in [6.07, 6.45) is 1.87. The van der Waals surface area contributed by atoms with Crippen LogP contribution >= 0.6 is 11.3 Å². The normalized spacial score (nSPS) is 19.5. The maximum absolute atomic E-state index is 12.1. The summed E-state index contributed by atoms with van der Waals surface area (Å²) < 4.78 is 0. The van der Waals surface area contributed by atoms with Gasteiger partial charge in [0.15, 0.2) is 0 Å². The Bertz CT molecular complexity index is 805. The molecule has 0 unspecified atom stereocenters. The van der Waals surface area contributed by atoms with Crippen molar-refractivity contribution in [3.8, 4) is 0 Å². The van der Waals surface area contributed by atoms with Gasteiger partial charge < -0.3 is 15.1 Å². The monoisotopic (exact) mass is 339 g/mol. The average molecular weight is 339 g/mol. The zero-order valence-corrected chi connectivity index (χ0v) is 13.9. The van der Waals surface area contributed by atoms with Crippen LogP contribution in [0.25, 0.3) is 6.08 Å². The van der Waals surface area contributed by atoms with Gasteiger partial charge in [-0.2, -0.15) is 0 Å². The quantitative estimate of drug-likeness (QED) is 0.690. The number of nitrogens with zero attached hydrogens (tertiary/aromatic N) is 2. The van der Waals surface area contributed by atoms with Gasteiger partial charge in [0, 0.05) is 36.6 Å². The Labute approximate surface area is 144 Å². The number of nitrogens with one attached hydrogen (secondary N) is 1. The molecule has 6 heteroatoms. The number of rotatable bonds is 3. The van der Waals surface area contributed by atoms with Crippen LogP contribution in [0.2, 0.25) is 0 Å². The van der Waals surface area contributed by atoms with Gasteiger partial charge in [-0.1, -0.05) is 35.5 Å². The van der Waals surface area contributed by atoms with Crippen molar-refractivity contribution in [3.05, 3.63) is 58.5 Å². The van der Waals surface area contributed by atoms with Gasteiger partial charge in [-0.3, -0.25) is 0 Å². The minimum absolute atomic E-state index is 0.397. The molecule has 2 aliphatic heterocycles. The van der Waals surface area contributed by atoms with Crippen molar-refractivity contribution in [1.82, 2.24) is 5.32 Å². The van der Waals surface area contributed by atoms with Crippen LogP contribution < -0.4 is 10.2 Å². The van der Waals surface area contributed by atoms with Crippen LogP contribution in [0.3, 0.4) is 0 Å². The van der Waals surface area contributed by atoms with E-state index in [2.05, 4.69) is 21.4 Å². The van der Waals surface area contributed by atoms with E-state index in [-0.39, 0.29) is 0 Å². The van der Waals surface area contributed by atoms with Gasteiger partial charge >= 0.3 is 5.97 Å². The van der Waals surface area contributed by atoms with E-state index in [1.807, 2.05) is 42.5 Å². The summed E-state index contributed by atoms with van der Waals surface area (Å²) in [5, 5.41) is 8.53. The molecule has 1 fully saturated rings. The number of carbonyl (C=O) groups excluding carboxylic acids is 1. The molecule has 1 aromatic carbocycles. The average Bonchev–Trinajstić information content (AvgIpc) is 3.25. The van der Waals surface area contributed by atoms with E-state index in [4.69, 9.17) is 4.84 Å². The van der Waals surface area contributed by atoms with Crippen LogP contribution in [0, 0.1) is 0 Å². The SMILES string of the molecule is O=C1ON=C(c2ccccc2)C1=Cc1ccc(N2CCNCC2)s1. The lowest BCUT2D eigenvalue weighted by Gasteiger charge is -2.27. The summed E-state index contributed by atoms with van der Waals surface area (Å²) in [6, 6.07) is 13.8. The largest absolute Gasteiger partial charge is 0.368 e. The van der Waals surface area contributed by atoms with E-state index in [0.717, 1.165) is 36.6 Å². The standard InChI is InChI=1S/C18H17N3O2S/c22-18-15(17(20-23-18)13-4-2-1-3-5-13)12-14-6-7-16(24-14)21-10-8-19-9-11-21/h1-7,12,19H,8-11H2. The molecule has 1 saturated heterocycles. The Morgan fingerprint density at radius 1 is 1.12 bits per heavy atom. The Morgan fingerprint density at radius 2 is 1.92 bits per heavy atom. The van der Waals surface area contributed by atoms with Gasteiger partial charge in [0.1, 0.15) is 5.71 Å². The third kappa shape index (κ3) is 2.98. The van der Waals surface area contributed by atoms with Crippen molar-refractivity contribution in [2.75, 3.05) is 31.1 Å². The first-order valence-corrected chi connectivity index (χ1v) is 8.75. The Balaban J connectivity index is 1.61. The minimum atomic E-state index is -0.397. The fourth-order valence-corrected chi connectivity index (χ4v) is 3.83. The zero-order valence-electron chi connectivity index (χ0n) is 13.1. The molecule has 0 amide bonds. The van der Waals surface area contributed by atoms with Gasteiger partial charge in [0.25, 0.3) is 0 Å². The molecule has 2 aliphatic rings. The molecule has 0 atom stereocenters. The van der Waals surface area contributed by atoms with Crippen LogP contribution in [-0.4, -0.2) is 37.9 Å². The van der Waals surface area contributed by atoms with E-state index < -0.39 is 5.97 Å². The van der Waals surface area contributed by atoms with E-state index >= 15 is 0 Å². The summed E-state index contributed by atoms with van der Waals surface area (Å²) >= 11 is 1.68. The molecule has 0 aliphatic carbocycles. The maximum Gasteiger partial charge on any atom is 0.368 e. The number of carbonyl (C=O) groups is 1. The maximum atomic E-state index is 12.1. The van der Waals surface area contributed by atoms with E-state index in [9.17, 15) is 4.79 Å². The second-order valence-corrected chi connectivity index (χ2v) is 6.75. The first-order chi connectivity index (χ1) is 11.8. The smallest absolute Gasteiger partial charge is 0.361 e. The number of piperazine rings is 1. The predicted molar refractivity (Wildman–Crippen MR) is 96.4 cm³/mol. The third-order valence-corrected chi connectivity index (χ3v) is 5.16. The Morgan fingerprint density at radius 3 is 2.71 bits per heavy atom. The number of anilines is 1. The molecule has 1 N–H and O–H groups in total. The topological polar surface area (TPSA) is 53.9 Å². The molecule has 0 bridgehead atoms. The molecule has 0 spiro atoms. The zero-order chi connectivity index (χ0) is 16.4. The second kappa shape index (κ2) is 6.59. The molecular formula is C18H17N3O2S. The van der Waals surface area contributed by atoms with Crippen LogP contribution in [0.15, 0.2) is 53.2 Å². The van der Waals surface area contributed by atoms with Crippen LogP contribution in [0.5, 0.6) is 0 Å². The van der Waals surface area contributed by atoms with Gasteiger partial charge in [-0.05, 0) is 18.2 Å².